The highest BCUT2D eigenvalue weighted by atomic mass is 35.5. The van der Waals surface area contributed by atoms with Crippen molar-refractivity contribution in [1.29, 1.82) is 0 Å². The van der Waals surface area contributed by atoms with Gasteiger partial charge in [-0.1, -0.05) is 0 Å². The lowest BCUT2D eigenvalue weighted by Crippen LogP contribution is -2.07. The van der Waals surface area contributed by atoms with E-state index in [2.05, 4.69) is 25.3 Å². The van der Waals surface area contributed by atoms with Crippen LogP contribution in [0, 0.1) is 13.8 Å². The molecule has 0 fully saturated rings. The maximum Gasteiger partial charge on any atom is 0.241 e. The molecule has 2 aromatic heterocycles. The van der Waals surface area contributed by atoms with E-state index in [1.165, 1.54) is 0 Å². The Balaban J connectivity index is 2.55. The number of anilines is 1. The Kier molecular flexibility index (Phi) is 2.74. The Labute approximate surface area is 97.7 Å². The van der Waals surface area contributed by atoms with Crippen LogP contribution in [0.2, 0.25) is 5.28 Å². The molecule has 7 heteroatoms. The minimum absolute atomic E-state index is 0.153. The zero-order valence-corrected chi connectivity index (χ0v) is 9.95. The van der Waals surface area contributed by atoms with Crippen LogP contribution in [0.25, 0.3) is 5.95 Å². The average molecular weight is 239 g/mol. The van der Waals surface area contributed by atoms with Gasteiger partial charge in [-0.25, -0.2) is 4.98 Å². The molecule has 0 aliphatic rings. The summed E-state index contributed by atoms with van der Waals surface area (Å²) in [6.45, 7) is 3.87. The first-order valence-corrected chi connectivity index (χ1v) is 5.10. The summed E-state index contributed by atoms with van der Waals surface area (Å²) in [4.78, 5) is 16.3. The number of aryl methyl sites for hydroxylation is 1. The van der Waals surface area contributed by atoms with Crippen molar-refractivity contribution < 1.29 is 0 Å². The van der Waals surface area contributed by atoms with Crippen LogP contribution in [0.4, 0.5) is 5.95 Å². The predicted molar refractivity (Wildman–Crippen MR) is 61.0 cm³/mol. The van der Waals surface area contributed by atoms with E-state index < -0.39 is 0 Å². The van der Waals surface area contributed by atoms with Crippen LogP contribution >= 0.6 is 11.6 Å². The van der Waals surface area contributed by atoms with Crippen LogP contribution in [0.5, 0.6) is 0 Å². The van der Waals surface area contributed by atoms with Gasteiger partial charge in [0.05, 0.1) is 5.69 Å². The predicted octanol–water partition coefficient (Wildman–Crippen LogP) is 1.37. The number of nitrogens with zero attached hydrogens (tertiary/aromatic N) is 5. The van der Waals surface area contributed by atoms with E-state index in [0.717, 1.165) is 11.4 Å². The third-order valence-electron chi connectivity index (χ3n) is 2.29. The highest BCUT2D eigenvalue weighted by Crippen LogP contribution is 2.13. The molecule has 2 rings (SSSR count). The maximum atomic E-state index is 5.80. The van der Waals surface area contributed by atoms with Gasteiger partial charge in [-0.2, -0.15) is 15.0 Å². The molecule has 0 aliphatic carbocycles. The minimum Gasteiger partial charge on any atom is -0.357 e. The summed E-state index contributed by atoms with van der Waals surface area (Å²) in [5, 5.41) is 2.98. The summed E-state index contributed by atoms with van der Waals surface area (Å²) in [6.07, 6.45) is 1.66. The fourth-order valence-electron chi connectivity index (χ4n) is 1.26. The average Bonchev–Trinajstić information content (AvgIpc) is 2.59. The molecule has 0 saturated heterocycles. The molecule has 0 aromatic carbocycles. The molecule has 0 saturated carbocycles. The van der Waals surface area contributed by atoms with Crippen molar-refractivity contribution in [3.8, 4) is 5.95 Å². The first-order chi connectivity index (χ1) is 7.61. The molecule has 0 radical (unpaired) electrons. The Morgan fingerprint density at radius 1 is 1.25 bits per heavy atom. The quantitative estimate of drug-likeness (QED) is 0.856. The number of halogens is 1. The van der Waals surface area contributed by atoms with Crippen LogP contribution in [0.3, 0.4) is 0 Å². The van der Waals surface area contributed by atoms with E-state index >= 15 is 0 Å². The molecular weight excluding hydrogens is 228 g/mol. The van der Waals surface area contributed by atoms with Crippen molar-refractivity contribution in [1.82, 2.24) is 24.5 Å². The molecule has 0 unspecified atom stereocenters. The maximum absolute atomic E-state index is 5.80. The van der Waals surface area contributed by atoms with Crippen LogP contribution in [-0.2, 0) is 0 Å². The summed E-state index contributed by atoms with van der Waals surface area (Å²) >= 11 is 5.80. The third-order valence-corrected chi connectivity index (χ3v) is 2.46. The fraction of sp³-hybridized carbons (Fsp3) is 0.333. The van der Waals surface area contributed by atoms with Gasteiger partial charge in [0.25, 0.3) is 0 Å². The van der Waals surface area contributed by atoms with E-state index in [9.17, 15) is 0 Å². The second-order valence-corrected chi connectivity index (χ2v) is 3.60. The molecular formula is C9H11ClN6. The normalized spacial score (nSPS) is 10.5. The molecule has 0 aliphatic heterocycles. The second kappa shape index (κ2) is 4.05. The molecule has 2 aromatic rings. The van der Waals surface area contributed by atoms with Gasteiger partial charge in [0.15, 0.2) is 0 Å². The van der Waals surface area contributed by atoms with E-state index in [0.29, 0.717) is 11.9 Å². The Morgan fingerprint density at radius 2 is 2.00 bits per heavy atom. The summed E-state index contributed by atoms with van der Waals surface area (Å²) in [7, 11) is 1.72. The number of aromatic nitrogens is 5. The largest absolute Gasteiger partial charge is 0.357 e. The lowest BCUT2D eigenvalue weighted by molar-refractivity contribution is 0.872. The van der Waals surface area contributed by atoms with Crippen molar-refractivity contribution in [3.63, 3.8) is 0 Å². The smallest absolute Gasteiger partial charge is 0.241 e. The van der Waals surface area contributed by atoms with Gasteiger partial charge < -0.3 is 5.32 Å². The number of hydrogen-bond donors (Lipinski definition) is 1. The molecule has 0 spiro atoms. The highest BCUT2D eigenvalue weighted by molar-refractivity contribution is 6.28. The first-order valence-electron chi connectivity index (χ1n) is 4.72. The molecule has 2 heterocycles. The Morgan fingerprint density at radius 3 is 2.56 bits per heavy atom. The van der Waals surface area contributed by atoms with Gasteiger partial charge in [0.1, 0.15) is 6.33 Å². The molecule has 1 N–H and O–H groups in total. The lowest BCUT2D eigenvalue weighted by atomic mass is 10.4. The summed E-state index contributed by atoms with van der Waals surface area (Å²) in [6, 6.07) is 0. The molecule has 0 amide bonds. The van der Waals surface area contributed by atoms with Crippen LogP contribution in [0.1, 0.15) is 11.4 Å². The number of imidazole rings is 1. The van der Waals surface area contributed by atoms with Crippen molar-refractivity contribution in [2.75, 3.05) is 12.4 Å². The molecule has 16 heavy (non-hydrogen) atoms. The van der Waals surface area contributed by atoms with Crippen LogP contribution in [0.15, 0.2) is 6.33 Å². The standard InChI is InChI=1S/C9H11ClN6/c1-5-6(2)16(4-12-5)9-14-7(10)13-8(11-3)15-9/h4H,1-3H3,(H,11,13,14,15). The van der Waals surface area contributed by atoms with Gasteiger partial charge in [-0.3, -0.25) is 4.57 Å². The van der Waals surface area contributed by atoms with Crippen molar-refractivity contribution in [3.05, 3.63) is 23.0 Å². The van der Waals surface area contributed by atoms with Gasteiger partial charge in [0.2, 0.25) is 17.2 Å². The monoisotopic (exact) mass is 238 g/mol. The molecule has 0 atom stereocenters. The SMILES string of the molecule is CNc1nc(Cl)nc(-n2cnc(C)c2C)n1. The van der Waals surface area contributed by atoms with E-state index in [-0.39, 0.29) is 5.28 Å². The van der Waals surface area contributed by atoms with Crippen molar-refractivity contribution in [2.24, 2.45) is 0 Å². The molecule has 84 valence electrons. The van der Waals surface area contributed by atoms with Gasteiger partial charge in [0, 0.05) is 12.7 Å². The van der Waals surface area contributed by atoms with Crippen LogP contribution < -0.4 is 5.32 Å². The fourth-order valence-corrected chi connectivity index (χ4v) is 1.42. The molecule has 6 nitrogen and oxygen atoms in total. The number of hydrogen-bond acceptors (Lipinski definition) is 5. The van der Waals surface area contributed by atoms with Crippen LogP contribution in [-0.4, -0.2) is 31.6 Å². The summed E-state index contributed by atoms with van der Waals surface area (Å²) < 4.78 is 1.77. The minimum atomic E-state index is 0.153. The number of rotatable bonds is 2. The zero-order chi connectivity index (χ0) is 11.7. The van der Waals surface area contributed by atoms with E-state index in [4.69, 9.17) is 11.6 Å². The second-order valence-electron chi connectivity index (χ2n) is 3.26. The lowest BCUT2D eigenvalue weighted by Gasteiger charge is -2.05. The van der Waals surface area contributed by atoms with Gasteiger partial charge in [-0.15, -0.1) is 0 Å². The Bertz CT molecular complexity index is 521. The third kappa shape index (κ3) is 1.83. The van der Waals surface area contributed by atoms with E-state index in [1.807, 2.05) is 13.8 Å². The van der Waals surface area contributed by atoms with Crippen molar-refractivity contribution in [2.45, 2.75) is 13.8 Å². The molecule has 0 bridgehead atoms. The Hall–Kier alpha value is -1.69. The zero-order valence-electron chi connectivity index (χ0n) is 9.19. The van der Waals surface area contributed by atoms with E-state index in [1.54, 1.807) is 17.9 Å². The number of nitrogens with one attached hydrogen (secondary N) is 1. The first kappa shape index (κ1) is 10.8. The summed E-state index contributed by atoms with van der Waals surface area (Å²) in [5.74, 6) is 0.892. The highest BCUT2D eigenvalue weighted by Gasteiger charge is 2.09. The van der Waals surface area contributed by atoms with Crippen molar-refractivity contribution >= 4 is 17.5 Å². The van der Waals surface area contributed by atoms with Gasteiger partial charge in [-0.05, 0) is 25.4 Å². The summed E-state index contributed by atoms with van der Waals surface area (Å²) in [5.41, 5.74) is 1.91. The topological polar surface area (TPSA) is 68.5 Å². The van der Waals surface area contributed by atoms with Gasteiger partial charge >= 0.3 is 0 Å².